The highest BCUT2D eigenvalue weighted by molar-refractivity contribution is 6.04. The van der Waals surface area contributed by atoms with Gasteiger partial charge in [-0.25, -0.2) is 4.99 Å². The Balaban J connectivity index is 2.05. The van der Waals surface area contributed by atoms with Crippen molar-refractivity contribution in [2.45, 2.75) is 52.0 Å². The summed E-state index contributed by atoms with van der Waals surface area (Å²) in [5, 5.41) is 2.71. The summed E-state index contributed by atoms with van der Waals surface area (Å²) < 4.78 is 0. The molecule has 20 heavy (non-hydrogen) atoms. The van der Waals surface area contributed by atoms with Gasteiger partial charge in [-0.1, -0.05) is 13.8 Å². The number of hydrogen-bond acceptors (Lipinski definition) is 3. The molecule has 2 heterocycles. The number of hydrogen-bond donors (Lipinski definition) is 2. The van der Waals surface area contributed by atoms with Crippen LogP contribution >= 0.6 is 0 Å². The Kier molecular flexibility index (Phi) is 4.98. The molecule has 3 N–H and O–H groups in total. The lowest BCUT2D eigenvalue weighted by atomic mass is 10.0. The van der Waals surface area contributed by atoms with Crippen molar-refractivity contribution >= 4 is 17.8 Å². The zero-order valence-corrected chi connectivity index (χ0v) is 12.4. The largest absolute Gasteiger partial charge is 0.369 e. The monoisotopic (exact) mass is 279 g/mol. The van der Waals surface area contributed by atoms with Gasteiger partial charge in [-0.3, -0.25) is 10.1 Å². The zero-order valence-electron chi connectivity index (χ0n) is 12.4. The fraction of sp³-hybridized carbons (Fsp3) is 0.786. The van der Waals surface area contributed by atoms with Gasteiger partial charge in [0.05, 0.1) is 6.04 Å². The molecule has 0 aromatic rings. The fourth-order valence-corrected chi connectivity index (χ4v) is 2.68. The average molecular weight is 279 g/mol. The highest BCUT2D eigenvalue weighted by Gasteiger charge is 2.22. The molecule has 0 spiro atoms. The average Bonchev–Trinajstić information content (AvgIpc) is 2.38. The minimum atomic E-state index is -0.0177. The number of nitrogens with one attached hydrogen (secondary N) is 1. The molecule has 6 nitrogen and oxygen atoms in total. The van der Waals surface area contributed by atoms with Crippen molar-refractivity contribution < 1.29 is 4.79 Å². The molecule has 0 aliphatic carbocycles. The summed E-state index contributed by atoms with van der Waals surface area (Å²) in [6.45, 7) is 6.14. The van der Waals surface area contributed by atoms with Crippen LogP contribution in [0.5, 0.6) is 0 Å². The number of rotatable bonds is 2. The van der Waals surface area contributed by atoms with Gasteiger partial charge in [-0.05, 0) is 31.6 Å². The summed E-state index contributed by atoms with van der Waals surface area (Å²) in [5.41, 5.74) is 6.02. The first-order valence-corrected chi connectivity index (χ1v) is 7.51. The van der Waals surface area contributed by atoms with Crippen molar-refractivity contribution in [3.05, 3.63) is 0 Å². The smallest absolute Gasteiger partial charge is 0.228 e. The van der Waals surface area contributed by atoms with Crippen molar-refractivity contribution in [2.75, 3.05) is 13.1 Å². The van der Waals surface area contributed by atoms with Crippen LogP contribution in [0.4, 0.5) is 0 Å². The number of nitrogens with two attached hydrogens (primary N) is 1. The van der Waals surface area contributed by atoms with Crippen molar-refractivity contribution in [2.24, 2.45) is 21.6 Å². The van der Waals surface area contributed by atoms with Gasteiger partial charge in [0.2, 0.25) is 11.9 Å². The van der Waals surface area contributed by atoms with E-state index in [0.29, 0.717) is 24.3 Å². The summed E-state index contributed by atoms with van der Waals surface area (Å²) in [4.78, 5) is 22.6. The first-order valence-electron chi connectivity index (χ1n) is 7.51. The van der Waals surface area contributed by atoms with Crippen LogP contribution in [0.15, 0.2) is 9.98 Å². The molecule has 0 radical (unpaired) electrons. The zero-order chi connectivity index (χ0) is 14.5. The number of piperidine rings is 1. The Morgan fingerprint density at radius 3 is 2.80 bits per heavy atom. The van der Waals surface area contributed by atoms with E-state index in [4.69, 9.17) is 5.73 Å². The molecule has 1 amide bonds. The highest BCUT2D eigenvalue weighted by atomic mass is 16.1. The summed E-state index contributed by atoms with van der Waals surface area (Å²) in [5.74, 6) is 1.33. The maximum Gasteiger partial charge on any atom is 0.228 e. The van der Waals surface area contributed by atoms with Crippen molar-refractivity contribution in [3.8, 4) is 0 Å². The quantitative estimate of drug-likeness (QED) is 0.586. The van der Waals surface area contributed by atoms with Crippen LogP contribution in [0.25, 0.3) is 0 Å². The number of guanidine groups is 2. The molecular formula is C14H25N5O. The molecule has 1 fully saturated rings. The lowest BCUT2D eigenvalue weighted by Crippen LogP contribution is -2.44. The molecule has 0 aromatic heterocycles. The molecule has 2 aliphatic heterocycles. The van der Waals surface area contributed by atoms with Gasteiger partial charge in [-0.15, -0.1) is 0 Å². The third-order valence-electron chi connectivity index (χ3n) is 3.62. The molecule has 2 rings (SSSR count). The molecule has 112 valence electrons. The van der Waals surface area contributed by atoms with Gasteiger partial charge in [0.1, 0.15) is 0 Å². The summed E-state index contributed by atoms with van der Waals surface area (Å²) in [6.07, 6.45) is 4.88. The first kappa shape index (κ1) is 14.8. The van der Waals surface area contributed by atoms with Gasteiger partial charge in [-0.2, -0.15) is 4.99 Å². The SMILES string of the molecule is CC(C)CC1CC(=O)NC(N=C(N)N2CCCCC2)=N1. The molecule has 0 saturated carbocycles. The Hall–Kier alpha value is -1.59. The molecule has 2 aliphatic rings. The van der Waals surface area contributed by atoms with Gasteiger partial charge in [0.15, 0.2) is 5.96 Å². The van der Waals surface area contributed by atoms with Crippen molar-refractivity contribution in [1.82, 2.24) is 10.2 Å². The van der Waals surface area contributed by atoms with E-state index in [1.807, 2.05) is 0 Å². The predicted octanol–water partition coefficient (Wildman–Crippen LogP) is 1.08. The number of aliphatic imine (C=N–C) groups is 2. The van der Waals surface area contributed by atoms with Gasteiger partial charge in [0, 0.05) is 19.5 Å². The predicted molar refractivity (Wildman–Crippen MR) is 80.5 cm³/mol. The number of carbonyl (C=O) groups excluding carboxylic acids is 1. The number of carbonyl (C=O) groups is 1. The highest BCUT2D eigenvalue weighted by Crippen LogP contribution is 2.15. The Morgan fingerprint density at radius 1 is 1.45 bits per heavy atom. The standard InChI is InChI=1S/C14H25N5O/c1-10(2)8-11-9-12(20)17-14(16-11)18-13(15)19-6-4-3-5-7-19/h10-11H,3-9H2,1-2H3,(H3,15,16,17,18,20). The normalized spacial score (nSPS) is 24.6. The minimum absolute atomic E-state index is 0.0177. The second-order valence-corrected chi connectivity index (χ2v) is 6.01. The summed E-state index contributed by atoms with van der Waals surface area (Å²) in [7, 11) is 0. The molecule has 6 heteroatoms. The van der Waals surface area contributed by atoms with Gasteiger partial charge in [0.25, 0.3) is 0 Å². The van der Waals surface area contributed by atoms with Crippen LogP contribution in [0.1, 0.15) is 46.0 Å². The minimum Gasteiger partial charge on any atom is -0.369 e. The van der Waals surface area contributed by atoms with E-state index >= 15 is 0 Å². The molecule has 0 bridgehead atoms. The van der Waals surface area contributed by atoms with Crippen LogP contribution in [0.3, 0.4) is 0 Å². The topological polar surface area (TPSA) is 83.1 Å². The molecule has 1 unspecified atom stereocenters. The van der Waals surface area contributed by atoms with Gasteiger partial charge >= 0.3 is 0 Å². The maximum absolute atomic E-state index is 11.7. The van der Waals surface area contributed by atoms with E-state index in [1.54, 1.807) is 0 Å². The van der Waals surface area contributed by atoms with E-state index in [2.05, 4.69) is 34.0 Å². The molecule has 1 saturated heterocycles. The van der Waals surface area contributed by atoms with Crippen LogP contribution in [0.2, 0.25) is 0 Å². The van der Waals surface area contributed by atoms with E-state index in [1.165, 1.54) is 6.42 Å². The maximum atomic E-state index is 11.7. The molecule has 0 aromatic carbocycles. The van der Waals surface area contributed by atoms with Crippen LogP contribution in [0, 0.1) is 5.92 Å². The van der Waals surface area contributed by atoms with Crippen LogP contribution in [-0.4, -0.2) is 41.9 Å². The fourth-order valence-electron chi connectivity index (χ4n) is 2.68. The second kappa shape index (κ2) is 6.72. The van der Waals surface area contributed by atoms with Crippen LogP contribution < -0.4 is 11.1 Å². The Morgan fingerprint density at radius 2 is 2.15 bits per heavy atom. The first-order chi connectivity index (χ1) is 9.54. The van der Waals surface area contributed by atoms with Gasteiger partial charge < -0.3 is 10.6 Å². The summed E-state index contributed by atoms with van der Waals surface area (Å²) >= 11 is 0. The van der Waals surface area contributed by atoms with E-state index in [0.717, 1.165) is 32.4 Å². The lowest BCUT2D eigenvalue weighted by Gasteiger charge is -2.28. The number of likely N-dealkylation sites (tertiary alicyclic amines) is 1. The lowest BCUT2D eigenvalue weighted by molar-refractivity contribution is -0.120. The van der Waals surface area contributed by atoms with E-state index in [9.17, 15) is 4.79 Å². The van der Waals surface area contributed by atoms with Crippen molar-refractivity contribution in [3.63, 3.8) is 0 Å². The summed E-state index contributed by atoms with van der Waals surface area (Å²) in [6, 6.07) is 0.0247. The molecule has 1 atom stereocenters. The number of amides is 1. The Bertz CT molecular complexity index is 410. The van der Waals surface area contributed by atoms with Crippen LogP contribution in [-0.2, 0) is 4.79 Å². The third kappa shape index (κ3) is 4.21. The van der Waals surface area contributed by atoms with Crippen molar-refractivity contribution in [1.29, 1.82) is 0 Å². The molecular weight excluding hydrogens is 254 g/mol. The Labute approximate surface area is 120 Å². The number of nitrogens with zero attached hydrogens (tertiary/aromatic N) is 3. The van der Waals surface area contributed by atoms with E-state index in [-0.39, 0.29) is 11.9 Å². The second-order valence-electron chi connectivity index (χ2n) is 6.01. The van der Waals surface area contributed by atoms with E-state index < -0.39 is 0 Å². The third-order valence-corrected chi connectivity index (χ3v) is 3.62.